The van der Waals surface area contributed by atoms with Crippen LogP contribution in [-0.4, -0.2) is 37.8 Å². The first-order valence-corrected chi connectivity index (χ1v) is 6.48. The summed E-state index contributed by atoms with van der Waals surface area (Å²) in [6.45, 7) is 2.08. The lowest BCUT2D eigenvalue weighted by atomic mass is 9.94. The van der Waals surface area contributed by atoms with Crippen LogP contribution >= 0.6 is 23.2 Å². The lowest BCUT2D eigenvalue weighted by Gasteiger charge is -2.30. The van der Waals surface area contributed by atoms with E-state index < -0.39 is 0 Å². The molecule has 0 aliphatic carbocycles. The van der Waals surface area contributed by atoms with E-state index in [-0.39, 0.29) is 18.6 Å². The summed E-state index contributed by atoms with van der Waals surface area (Å²) < 4.78 is 5.13. The topological polar surface area (TPSA) is 32.7 Å². The minimum Gasteiger partial charge on any atom is -0.494 e. The third-order valence-electron chi connectivity index (χ3n) is 2.95. The molecular formula is C13H19Cl2NO2. The van der Waals surface area contributed by atoms with Crippen LogP contribution in [0, 0.1) is 5.92 Å². The van der Waals surface area contributed by atoms with Crippen LogP contribution in [0.1, 0.15) is 18.5 Å². The van der Waals surface area contributed by atoms with Gasteiger partial charge < -0.3 is 14.7 Å². The Morgan fingerprint density at radius 2 is 1.78 bits per heavy atom. The van der Waals surface area contributed by atoms with Gasteiger partial charge in [0, 0.05) is 12.6 Å². The van der Waals surface area contributed by atoms with Crippen molar-refractivity contribution in [2.45, 2.75) is 13.0 Å². The molecule has 1 rings (SSSR count). The van der Waals surface area contributed by atoms with Crippen molar-refractivity contribution < 1.29 is 9.84 Å². The zero-order valence-electron chi connectivity index (χ0n) is 11.1. The number of benzene rings is 1. The number of methoxy groups -OCH3 is 1. The average molecular weight is 292 g/mol. The maximum atomic E-state index is 9.34. The summed E-state index contributed by atoms with van der Waals surface area (Å²) in [6.07, 6.45) is 0. The van der Waals surface area contributed by atoms with Crippen molar-refractivity contribution in [1.82, 2.24) is 4.90 Å². The van der Waals surface area contributed by atoms with Crippen LogP contribution in [0.2, 0.25) is 10.0 Å². The lowest BCUT2D eigenvalue weighted by Crippen LogP contribution is -2.27. The Morgan fingerprint density at radius 3 is 2.11 bits per heavy atom. The number of ether oxygens (including phenoxy) is 1. The highest BCUT2D eigenvalue weighted by Gasteiger charge is 2.23. The van der Waals surface area contributed by atoms with E-state index in [9.17, 15) is 5.11 Å². The molecular weight excluding hydrogens is 273 g/mol. The summed E-state index contributed by atoms with van der Waals surface area (Å²) in [5.41, 5.74) is 0.970. The van der Waals surface area contributed by atoms with Crippen LogP contribution in [0.3, 0.4) is 0 Å². The minimum atomic E-state index is 0.0518. The van der Waals surface area contributed by atoms with Crippen molar-refractivity contribution >= 4 is 23.2 Å². The molecule has 0 aliphatic heterocycles. The Balaban J connectivity index is 3.22. The predicted molar refractivity (Wildman–Crippen MR) is 75.7 cm³/mol. The third kappa shape index (κ3) is 3.29. The summed E-state index contributed by atoms with van der Waals surface area (Å²) >= 11 is 12.3. The summed E-state index contributed by atoms with van der Waals surface area (Å²) in [4.78, 5) is 2.04. The predicted octanol–water partition coefficient (Wildman–Crippen LogP) is 3.23. The SMILES string of the molecule is COc1c(Cl)cc(C(C(C)CO)N(C)C)cc1Cl. The fourth-order valence-electron chi connectivity index (χ4n) is 2.18. The molecule has 0 amide bonds. The van der Waals surface area contributed by atoms with Gasteiger partial charge in [-0.15, -0.1) is 0 Å². The average Bonchev–Trinajstić information content (AvgIpc) is 2.28. The molecule has 2 unspecified atom stereocenters. The van der Waals surface area contributed by atoms with Gasteiger partial charge in [-0.25, -0.2) is 0 Å². The molecule has 0 saturated carbocycles. The van der Waals surface area contributed by atoms with Gasteiger partial charge in [0.1, 0.15) is 0 Å². The molecule has 0 radical (unpaired) electrons. The van der Waals surface area contributed by atoms with E-state index in [4.69, 9.17) is 27.9 Å². The van der Waals surface area contributed by atoms with Gasteiger partial charge >= 0.3 is 0 Å². The third-order valence-corrected chi connectivity index (χ3v) is 3.51. The molecule has 2 atom stereocenters. The van der Waals surface area contributed by atoms with Crippen molar-refractivity contribution in [3.8, 4) is 5.75 Å². The molecule has 0 saturated heterocycles. The van der Waals surface area contributed by atoms with Crippen molar-refractivity contribution in [1.29, 1.82) is 0 Å². The number of hydrogen-bond donors (Lipinski definition) is 1. The molecule has 1 aromatic carbocycles. The van der Waals surface area contributed by atoms with Gasteiger partial charge in [-0.3, -0.25) is 0 Å². The first-order chi connectivity index (χ1) is 8.42. The molecule has 0 aromatic heterocycles. The van der Waals surface area contributed by atoms with E-state index in [1.807, 2.05) is 38.1 Å². The second-order valence-corrected chi connectivity index (χ2v) is 5.40. The first kappa shape index (κ1) is 15.6. The van der Waals surface area contributed by atoms with Crippen LogP contribution in [0.4, 0.5) is 0 Å². The highest BCUT2D eigenvalue weighted by molar-refractivity contribution is 6.37. The number of halogens is 2. The van der Waals surface area contributed by atoms with Crippen LogP contribution in [0.5, 0.6) is 5.75 Å². The highest BCUT2D eigenvalue weighted by atomic mass is 35.5. The number of rotatable bonds is 5. The Labute approximate surface area is 118 Å². The quantitative estimate of drug-likeness (QED) is 0.904. The normalized spacial score (nSPS) is 14.7. The van der Waals surface area contributed by atoms with Crippen LogP contribution in [-0.2, 0) is 0 Å². The van der Waals surface area contributed by atoms with Gasteiger partial charge in [-0.1, -0.05) is 30.1 Å². The maximum Gasteiger partial charge on any atom is 0.156 e. The second-order valence-electron chi connectivity index (χ2n) is 4.59. The van der Waals surface area contributed by atoms with Gasteiger partial charge in [0.15, 0.2) is 5.75 Å². The number of aliphatic hydroxyl groups excluding tert-OH is 1. The van der Waals surface area contributed by atoms with Crippen LogP contribution < -0.4 is 4.74 Å². The molecule has 3 nitrogen and oxygen atoms in total. The first-order valence-electron chi connectivity index (χ1n) is 5.72. The highest BCUT2D eigenvalue weighted by Crippen LogP contribution is 2.38. The molecule has 1 N–H and O–H groups in total. The fourth-order valence-corrected chi connectivity index (χ4v) is 2.84. The standard InChI is InChI=1S/C13H19Cl2NO2/c1-8(7-17)12(16(2)3)9-5-10(14)13(18-4)11(15)6-9/h5-6,8,12,17H,7H2,1-4H3. The van der Waals surface area contributed by atoms with Crippen molar-refractivity contribution in [3.63, 3.8) is 0 Å². The summed E-state index contributed by atoms with van der Waals surface area (Å²) in [5, 5.41) is 10.3. The minimum absolute atomic E-state index is 0.0518. The lowest BCUT2D eigenvalue weighted by molar-refractivity contribution is 0.145. The van der Waals surface area contributed by atoms with E-state index in [0.29, 0.717) is 15.8 Å². The van der Waals surface area contributed by atoms with Crippen LogP contribution in [0.25, 0.3) is 0 Å². The zero-order valence-corrected chi connectivity index (χ0v) is 12.6. The molecule has 0 bridgehead atoms. The van der Waals surface area contributed by atoms with Gasteiger partial charge in [0.2, 0.25) is 0 Å². The van der Waals surface area contributed by atoms with E-state index >= 15 is 0 Å². The number of aliphatic hydroxyl groups is 1. The second kappa shape index (κ2) is 6.62. The smallest absolute Gasteiger partial charge is 0.156 e. The van der Waals surface area contributed by atoms with Gasteiger partial charge in [-0.05, 0) is 37.7 Å². The summed E-state index contributed by atoms with van der Waals surface area (Å²) in [5.74, 6) is 0.566. The Kier molecular flexibility index (Phi) is 5.73. The van der Waals surface area contributed by atoms with E-state index in [2.05, 4.69) is 0 Å². The van der Waals surface area contributed by atoms with E-state index in [1.165, 1.54) is 7.11 Å². The monoisotopic (exact) mass is 291 g/mol. The van der Waals surface area contributed by atoms with Crippen molar-refractivity contribution in [2.75, 3.05) is 27.8 Å². The molecule has 1 aromatic rings. The van der Waals surface area contributed by atoms with Gasteiger partial charge in [-0.2, -0.15) is 0 Å². The Bertz CT molecular complexity index is 387. The van der Waals surface area contributed by atoms with Gasteiger partial charge in [0.05, 0.1) is 17.2 Å². The molecule has 18 heavy (non-hydrogen) atoms. The molecule has 0 fully saturated rings. The molecule has 5 heteroatoms. The number of hydrogen-bond acceptors (Lipinski definition) is 3. The summed E-state index contributed by atoms with van der Waals surface area (Å²) in [6, 6.07) is 3.72. The zero-order chi connectivity index (χ0) is 13.9. The number of nitrogens with zero attached hydrogens (tertiary/aromatic N) is 1. The Hall–Kier alpha value is -0.480. The molecule has 0 heterocycles. The van der Waals surface area contributed by atoms with E-state index in [1.54, 1.807) is 0 Å². The van der Waals surface area contributed by atoms with Crippen molar-refractivity contribution in [3.05, 3.63) is 27.7 Å². The van der Waals surface area contributed by atoms with Gasteiger partial charge in [0.25, 0.3) is 0 Å². The molecule has 102 valence electrons. The van der Waals surface area contributed by atoms with Crippen molar-refractivity contribution in [2.24, 2.45) is 5.92 Å². The largest absolute Gasteiger partial charge is 0.494 e. The van der Waals surface area contributed by atoms with Crippen LogP contribution in [0.15, 0.2) is 12.1 Å². The molecule has 0 aliphatic rings. The molecule has 0 spiro atoms. The summed E-state index contributed by atoms with van der Waals surface area (Å²) in [7, 11) is 5.46. The van der Waals surface area contributed by atoms with E-state index in [0.717, 1.165) is 5.56 Å². The Morgan fingerprint density at radius 1 is 1.28 bits per heavy atom. The maximum absolute atomic E-state index is 9.34. The fraction of sp³-hybridized carbons (Fsp3) is 0.538.